The molecule has 0 bridgehead atoms. The third-order valence-electron chi connectivity index (χ3n) is 4.48. The van der Waals surface area contributed by atoms with Gasteiger partial charge in [0.15, 0.2) is 9.84 Å². The van der Waals surface area contributed by atoms with E-state index in [1.807, 2.05) is 6.92 Å². The second-order valence-corrected chi connectivity index (χ2v) is 8.47. The van der Waals surface area contributed by atoms with Crippen LogP contribution in [0.5, 0.6) is 0 Å². The molecule has 1 unspecified atom stereocenters. The Morgan fingerprint density at radius 3 is 2.83 bits per heavy atom. The van der Waals surface area contributed by atoms with E-state index in [0.717, 1.165) is 12.8 Å². The molecule has 0 spiro atoms. The fraction of sp³-hybridized carbons (Fsp3) is 0.438. The Labute approximate surface area is 141 Å². The average molecular weight is 348 g/mol. The van der Waals surface area contributed by atoms with Gasteiger partial charge in [-0.3, -0.25) is 14.9 Å². The summed E-state index contributed by atoms with van der Waals surface area (Å²) in [5.74, 6) is -0.137. The van der Waals surface area contributed by atoms with Crippen molar-refractivity contribution >= 4 is 15.7 Å². The van der Waals surface area contributed by atoms with Gasteiger partial charge in [-0.1, -0.05) is 13.0 Å². The molecule has 24 heavy (non-hydrogen) atoms. The van der Waals surface area contributed by atoms with E-state index in [4.69, 9.17) is 0 Å². The van der Waals surface area contributed by atoms with Crippen LogP contribution in [-0.4, -0.2) is 53.8 Å². The molecule has 0 saturated carbocycles. The molecule has 3 rings (SSSR count). The number of piperidine rings is 1. The molecule has 1 saturated heterocycles. The van der Waals surface area contributed by atoms with E-state index in [-0.39, 0.29) is 10.8 Å². The van der Waals surface area contributed by atoms with Crippen LogP contribution in [0.2, 0.25) is 0 Å². The van der Waals surface area contributed by atoms with Crippen molar-refractivity contribution in [1.82, 2.24) is 20.1 Å². The number of carbonyl (C=O) groups is 1. The van der Waals surface area contributed by atoms with Crippen LogP contribution in [0.15, 0.2) is 35.5 Å². The second kappa shape index (κ2) is 6.01. The van der Waals surface area contributed by atoms with Crippen molar-refractivity contribution in [2.45, 2.75) is 30.1 Å². The van der Waals surface area contributed by atoms with Gasteiger partial charge in [0.1, 0.15) is 10.6 Å². The average Bonchev–Trinajstić information content (AvgIpc) is 3.06. The number of rotatable bonds is 3. The van der Waals surface area contributed by atoms with Crippen LogP contribution in [0.25, 0.3) is 0 Å². The Kier molecular flexibility index (Phi) is 4.16. The molecule has 7 nitrogen and oxygen atoms in total. The van der Waals surface area contributed by atoms with Crippen molar-refractivity contribution in [1.29, 1.82) is 0 Å². The SMILES string of the molecule is CC1(c2[nH]ncc2S(C)(=O)=O)CCCN(C(=O)c2ccccn2)C1. The van der Waals surface area contributed by atoms with Crippen molar-refractivity contribution in [2.75, 3.05) is 19.3 Å². The molecule has 2 aromatic rings. The molecular formula is C16H20N4O3S. The topological polar surface area (TPSA) is 96.0 Å². The summed E-state index contributed by atoms with van der Waals surface area (Å²) < 4.78 is 24.0. The number of aromatic nitrogens is 3. The molecule has 1 aliphatic rings. The van der Waals surface area contributed by atoms with Crippen molar-refractivity contribution in [3.05, 3.63) is 42.0 Å². The Hall–Kier alpha value is -2.22. The zero-order valence-corrected chi connectivity index (χ0v) is 14.5. The number of carbonyl (C=O) groups excluding carboxylic acids is 1. The predicted octanol–water partition coefficient (Wildman–Crippen LogP) is 1.40. The maximum Gasteiger partial charge on any atom is 0.272 e. The van der Waals surface area contributed by atoms with E-state index < -0.39 is 15.3 Å². The molecule has 1 atom stereocenters. The third kappa shape index (κ3) is 3.06. The first kappa shape index (κ1) is 16.6. The first-order valence-electron chi connectivity index (χ1n) is 7.75. The highest BCUT2D eigenvalue weighted by Crippen LogP contribution is 2.36. The lowest BCUT2D eigenvalue weighted by molar-refractivity contribution is 0.0639. The third-order valence-corrected chi connectivity index (χ3v) is 5.58. The highest BCUT2D eigenvalue weighted by Gasteiger charge is 2.39. The van der Waals surface area contributed by atoms with Crippen LogP contribution in [0.3, 0.4) is 0 Å². The van der Waals surface area contributed by atoms with Gasteiger partial charge in [0.25, 0.3) is 5.91 Å². The number of amides is 1. The molecule has 3 heterocycles. The predicted molar refractivity (Wildman–Crippen MR) is 88.4 cm³/mol. The van der Waals surface area contributed by atoms with Crippen LogP contribution < -0.4 is 0 Å². The summed E-state index contributed by atoms with van der Waals surface area (Å²) in [6.45, 7) is 3.02. The summed E-state index contributed by atoms with van der Waals surface area (Å²) in [5, 5.41) is 6.76. The zero-order chi connectivity index (χ0) is 17.4. The number of hydrogen-bond acceptors (Lipinski definition) is 5. The number of sulfone groups is 1. The molecule has 0 aromatic carbocycles. The van der Waals surface area contributed by atoms with Crippen molar-refractivity contribution < 1.29 is 13.2 Å². The first-order valence-corrected chi connectivity index (χ1v) is 9.65. The molecule has 0 aliphatic carbocycles. The minimum Gasteiger partial charge on any atom is -0.336 e. The fourth-order valence-electron chi connectivity index (χ4n) is 3.26. The van der Waals surface area contributed by atoms with E-state index in [1.54, 1.807) is 29.3 Å². The fourth-order valence-corrected chi connectivity index (χ4v) is 4.16. The molecule has 1 aliphatic heterocycles. The number of nitrogens with one attached hydrogen (secondary N) is 1. The van der Waals surface area contributed by atoms with E-state index in [0.29, 0.717) is 24.5 Å². The van der Waals surface area contributed by atoms with Crippen molar-refractivity contribution in [2.24, 2.45) is 0 Å². The summed E-state index contributed by atoms with van der Waals surface area (Å²) in [4.78, 5) is 18.7. The van der Waals surface area contributed by atoms with Gasteiger partial charge in [-0.2, -0.15) is 5.10 Å². The maximum absolute atomic E-state index is 12.7. The van der Waals surface area contributed by atoms with Crippen molar-refractivity contribution in [3.63, 3.8) is 0 Å². The number of hydrogen-bond donors (Lipinski definition) is 1. The minimum atomic E-state index is -3.38. The molecule has 1 N–H and O–H groups in total. The number of nitrogens with zero attached hydrogens (tertiary/aromatic N) is 3. The smallest absolute Gasteiger partial charge is 0.272 e. The second-order valence-electron chi connectivity index (χ2n) is 6.49. The minimum absolute atomic E-state index is 0.137. The molecule has 0 radical (unpaired) electrons. The van der Waals surface area contributed by atoms with Gasteiger partial charge in [0.05, 0.1) is 11.9 Å². The molecule has 2 aromatic heterocycles. The van der Waals surface area contributed by atoms with Gasteiger partial charge in [-0.15, -0.1) is 0 Å². The van der Waals surface area contributed by atoms with E-state index in [9.17, 15) is 13.2 Å². The van der Waals surface area contributed by atoms with E-state index in [1.165, 1.54) is 12.5 Å². The van der Waals surface area contributed by atoms with Crippen LogP contribution in [-0.2, 0) is 15.3 Å². The molecule has 1 amide bonds. The van der Waals surface area contributed by atoms with Gasteiger partial charge < -0.3 is 4.90 Å². The normalized spacial score (nSPS) is 21.7. The molecule has 128 valence electrons. The number of pyridine rings is 1. The molecule has 1 fully saturated rings. The summed E-state index contributed by atoms with van der Waals surface area (Å²) >= 11 is 0. The number of likely N-dealkylation sites (tertiary alicyclic amines) is 1. The summed E-state index contributed by atoms with van der Waals surface area (Å²) in [6, 6.07) is 5.23. The quantitative estimate of drug-likeness (QED) is 0.904. The lowest BCUT2D eigenvalue weighted by Gasteiger charge is -2.40. The van der Waals surface area contributed by atoms with Gasteiger partial charge in [0.2, 0.25) is 0 Å². The van der Waals surface area contributed by atoms with Gasteiger partial charge >= 0.3 is 0 Å². The van der Waals surface area contributed by atoms with Crippen molar-refractivity contribution in [3.8, 4) is 0 Å². The van der Waals surface area contributed by atoms with Gasteiger partial charge in [0, 0.05) is 31.0 Å². The highest BCUT2D eigenvalue weighted by molar-refractivity contribution is 7.90. The summed E-state index contributed by atoms with van der Waals surface area (Å²) in [5.41, 5.74) is 0.482. The Morgan fingerprint density at radius 2 is 2.17 bits per heavy atom. The Balaban J connectivity index is 1.90. The van der Waals surface area contributed by atoms with Gasteiger partial charge in [-0.25, -0.2) is 8.42 Å². The number of H-pyrrole nitrogens is 1. The molecule has 8 heteroatoms. The first-order chi connectivity index (χ1) is 11.3. The van der Waals surface area contributed by atoms with Gasteiger partial charge in [-0.05, 0) is 25.0 Å². The lowest BCUT2D eigenvalue weighted by atomic mass is 9.79. The van der Waals surface area contributed by atoms with E-state index in [2.05, 4.69) is 15.2 Å². The van der Waals surface area contributed by atoms with Crippen LogP contribution in [0.1, 0.15) is 35.9 Å². The largest absolute Gasteiger partial charge is 0.336 e. The van der Waals surface area contributed by atoms with Crippen LogP contribution in [0.4, 0.5) is 0 Å². The maximum atomic E-state index is 12.7. The highest BCUT2D eigenvalue weighted by atomic mass is 32.2. The number of aromatic amines is 1. The lowest BCUT2D eigenvalue weighted by Crippen LogP contribution is -2.47. The standard InChI is InChI=1S/C16H20N4O3S/c1-16(14-13(10-18-19-14)24(2,22)23)7-5-9-20(11-16)15(21)12-6-3-4-8-17-12/h3-4,6,8,10H,5,7,9,11H2,1-2H3,(H,18,19). The summed E-state index contributed by atoms with van der Waals surface area (Å²) in [6.07, 6.45) is 5.67. The molecular weight excluding hydrogens is 328 g/mol. The Bertz CT molecular complexity index is 847. The van der Waals surface area contributed by atoms with Crippen LogP contribution in [0, 0.1) is 0 Å². The van der Waals surface area contributed by atoms with E-state index >= 15 is 0 Å². The summed E-state index contributed by atoms with van der Waals surface area (Å²) in [7, 11) is -3.38. The Morgan fingerprint density at radius 1 is 1.38 bits per heavy atom. The zero-order valence-electron chi connectivity index (χ0n) is 13.7. The van der Waals surface area contributed by atoms with Crippen LogP contribution >= 0.6 is 0 Å². The monoisotopic (exact) mass is 348 g/mol.